The van der Waals surface area contributed by atoms with Crippen molar-refractivity contribution in [1.29, 1.82) is 0 Å². The SMILES string of the molecule is CN(C)C=NC(=S)NCCCN(C)C(=O)OC(C)(C)C. The van der Waals surface area contributed by atoms with Crippen LogP contribution in [0.15, 0.2) is 4.99 Å². The Labute approximate surface area is 127 Å². The maximum atomic E-state index is 11.7. The van der Waals surface area contributed by atoms with E-state index in [2.05, 4.69) is 10.3 Å². The van der Waals surface area contributed by atoms with Crippen LogP contribution in [-0.2, 0) is 4.74 Å². The lowest BCUT2D eigenvalue weighted by molar-refractivity contribution is 0.0298. The molecular formula is C13H26N4O2S. The number of carbonyl (C=O) groups is 1. The summed E-state index contributed by atoms with van der Waals surface area (Å²) in [5.41, 5.74) is -0.466. The molecule has 0 aromatic carbocycles. The number of rotatable bonds is 5. The van der Waals surface area contributed by atoms with E-state index < -0.39 is 5.60 Å². The molecule has 0 bridgehead atoms. The summed E-state index contributed by atoms with van der Waals surface area (Å²) in [6.07, 6.45) is 2.10. The molecule has 6 nitrogen and oxygen atoms in total. The maximum Gasteiger partial charge on any atom is 0.410 e. The summed E-state index contributed by atoms with van der Waals surface area (Å²) in [5.74, 6) is 0. The third kappa shape index (κ3) is 10.5. The average Bonchev–Trinajstić information content (AvgIpc) is 2.29. The third-order valence-electron chi connectivity index (χ3n) is 2.06. The largest absolute Gasteiger partial charge is 0.444 e. The van der Waals surface area contributed by atoms with E-state index in [1.54, 1.807) is 18.3 Å². The monoisotopic (exact) mass is 302 g/mol. The van der Waals surface area contributed by atoms with Gasteiger partial charge in [0.2, 0.25) is 0 Å². The molecule has 0 heterocycles. The summed E-state index contributed by atoms with van der Waals surface area (Å²) in [6, 6.07) is 0. The van der Waals surface area contributed by atoms with Crippen LogP contribution in [0.25, 0.3) is 0 Å². The van der Waals surface area contributed by atoms with Crippen LogP contribution in [0.3, 0.4) is 0 Å². The highest BCUT2D eigenvalue weighted by Gasteiger charge is 2.18. The number of carbonyl (C=O) groups excluding carboxylic acids is 1. The highest BCUT2D eigenvalue weighted by Crippen LogP contribution is 2.08. The number of nitrogens with zero attached hydrogens (tertiary/aromatic N) is 3. The number of hydrogen-bond acceptors (Lipinski definition) is 3. The van der Waals surface area contributed by atoms with Crippen LogP contribution in [0.5, 0.6) is 0 Å². The Morgan fingerprint density at radius 2 is 1.95 bits per heavy atom. The predicted molar refractivity (Wildman–Crippen MR) is 86.3 cm³/mol. The zero-order chi connectivity index (χ0) is 15.8. The average molecular weight is 302 g/mol. The Morgan fingerprint density at radius 3 is 2.45 bits per heavy atom. The van der Waals surface area contributed by atoms with Crippen LogP contribution >= 0.6 is 12.2 Å². The Morgan fingerprint density at radius 1 is 1.35 bits per heavy atom. The fraction of sp³-hybridized carbons (Fsp3) is 0.769. The fourth-order valence-electron chi connectivity index (χ4n) is 1.16. The van der Waals surface area contributed by atoms with Crippen molar-refractivity contribution in [2.45, 2.75) is 32.8 Å². The number of ether oxygens (including phenoxy) is 1. The fourth-order valence-corrected chi connectivity index (χ4v) is 1.31. The van der Waals surface area contributed by atoms with Crippen molar-refractivity contribution >= 4 is 29.8 Å². The molecule has 0 aliphatic rings. The summed E-state index contributed by atoms with van der Waals surface area (Å²) in [4.78, 5) is 19.1. The van der Waals surface area contributed by atoms with Crippen molar-refractivity contribution in [2.24, 2.45) is 4.99 Å². The van der Waals surface area contributed by atoms with Gasteiger partial charge in [-0.05, 0) is 39.4 Å². The van der Waals surface area contributed by atoms with Crippen molar-refractivity contribution in [1.82, 2.24) is 15.1 Å². The van der Waals surface area contributed by atoms with E-state index in [0.717, 1.165) is 6.42 Å². The molecule has 0 atom stereocenters. The highest BCUT2D eigenvalue weighted by atomic mass is 32.1. The van der Waals surface area contributed by atoms with E-state index in [9.17, 15) is 4.79 Å². The number of aliphatic imine (C=N–C) groups is 1. The smallest absolute Gasteiger partial charge is 0.410 e. The lowest BCUT2D eigenvalue weighted by Crippen LogP contribution is -2.35. The molecule has 0 spiro atoms. The van der Waals surface area contributed by atoms with Gasteiger partial charge in [0.05, 0.1) is 6.34 Å². The number of hydrogen-bond donors (Lipinski definition) is 1. The summed E-state index contributed by atoms with van der Waals surface area (Å²) >= 11 is 5.03. The van der Waals surface area contributed by atoms with Gasteiger partial charge in [-0.3, -0.25) is 0 Å². The topological polar surface area (TPSA) is 57.2 Å². The lowest BCUT2D eigenvalue weighted by atomic mass is 10.2. The second-order valence-electron chi connectivity index (χ2n) is 5.70. The predicted octanol–water partition coefficient (Wildman–Crippen LogP) is 1.71. The van der Waals surface area contributed by atoms with Crippen LogP contribution < -0.4 is 5.32 Å². The first-order chi connectivity index (χ1) is 9.11. The molecule has 1 amide bonds. The van der Waals surface area contributed by atoms with Crippen molar-refractivity contribution < 1.29 is 9.53 Å². The van der Waals surface area contributed by atoms with Gasteiger partial charge in [-0.15, -0.1) is 0 Å². The van der Waals surface area contributed by atoms with Gasteiger partial charge in [-0.2, -0.15) is 0 Å². The van der Waals surface area contributed by atoms with Gasteiger partial charge in [-0.25, -0.2) is 9.79 Å². The van der Waals surface area contributed by atoms with Crippen molar-refractivity contribution in [3.05, 3.63) is 0 Å². The molecular weight excluding hydrogens is 276 g/mol. The highest BCUT2D eigenvalue weighted by molar-refractivity contribution is 7.80. The van der Waals surface area contributed by atoms with Gasteiger partial charge in [0, 0.05) is 34.2 Å². The van der Waals surface area contributed by atoms with Crippen LogP contribution in [0.2, 0.25) is 0 Å². The van der Waals surface area contributed by atoms with Gasteiger partial charge < -0.3 is 19.9 Å². The molecule has 0 unspecified atom stereocenters. The molecule has 0 saturated heterocycles. The molecule has 116 valence electrons. The van der Waals surface area contributed by atoms with Crippen LogP contribution in [0.1, 0.15) is 27.2 Å². The minimum Gasteiger partial charge on any atom is -0.444 e. The molecule has 0 rings (SSSR count). The second kappa shape index (κ2) is 8.73. The standard InChI is InChI=1S/C13H26N4O2S/c1-13(2,3)19-12(18)17(6)9-7-8-14-11(20)15-10-16(4)5/h10H,7-9H2,1-6H3,(H,14,20). The quantitative estimate of drug-likeness (QED) is 0.363. The van der Waals surface area contributed by atoms with Gasteiger partial charge in [-0.1, -0.05) is 0 Å². The number of nitrogens with one attached hydrogen (secondary N) is 1. The molecule has 0 fully saturated rings. The lowest BCUT2D eigenvalue weighted by Gasteiger charge is -2.24. The van der Waals surface area contributed by atoms with E-state index >= 15 is 0 Å². The normalized spacial score (nSPS) is 11.3. The Kier molecular flexibility index (Phi) is 8.13. The minimum atomic E-state index is -0.466. The first kappa shape index (κ1) is 18.6. The summed E-state index contributed by atoms with van der Waals surface area (Å²) < 4.78 is 5.25. The summed E-state index contributed by atoms with van der Waals surface area (Å²) in [5, 5.41) is 3.45. The Hall–Kier alpha value is -1.37. The zero-order valence-electron chi connectivity index (χ0n) is 13.3. The first-order valence-corrected chi connectivity index (χ1v) is 6.95. The van der Waals surface area contributed by atoms with Crippen molar-refractivity contribution in [3.63, 3.8) is 0 Å². The van der Waals surface area contributed by atoms with Crippen LogP contribution in [0, 0.1) is 0 Å². The summed E-state index contributed by atoms with van der Waals surface area (Å²) in [7, 11) is 5.47. The number of amides is 1. The number of thiocarbonyl (C=S) groups is 1. The van der Waals surface area contributed by atoms with Gasteiger partial charge in [0.15, 0.2) is 5.11 Å². The van der Waals surface area contributed by atoms with E-state index in [1.165, 1.54) is 0 Å². The maximum absolute atomic E-state index is 11.7. The second-order valence-corrected chi connectivity index (χ2v) is 6.08. The molecule has 0 radical (unpaired) electrons. The molecule has 20 heavy (non-hydrogen) atoms. The van der Waals surface area contributed by atoms with Crippen molar-refractivity contribution in [2.75, 3.05) is 34.2 Å². The molecule has 7 heteroatoms. The van der Waals surface area contributed by atoms with E-state index in [1.807, 2.05) is 39.8 Å². The van der Waals surface area contributed by atoms with E-state index in [0.29, 0.717) is 18.2 Å². The molecule has 0 aliphatic heterocycles. The van der Waals surface area contributed by atoms with E-state index in [4.69, 9.17) is 17.0 Å². The summed E-state index contributed by atoms with van der Waals surface area (Å²) in [6.45, 7) is 6.81. The molecule has 1 N–H and O–H groups in total. The van der Waals surface area contributed by atoms with E-state index in [-0.39, 0.29) is 6.09 Å². The Bertz CT molecular complexity index is 351. The van der Waals surface area contributed by atoms with Crippen LogP contribution in [0.4, 0.5) is 4.79 Å². The Balaban J connectivity index is 3.85. The van der Waals surface area contributed by atoms with Crippen LogP contribution in [-0.4, -0.2) is 67.2 Å². The van der Waals surface area contributed by atoms with Crippen molar-refractivity contribution in [3.8, 4) is 0 Å². The molecule has 0 aromatic rings. The molecule has 0 aliphatic carbocycles. The van der Waals surface area contributed by atoms with Gasteiger partial charge >= 0.3 is 6.09 Å². The molecule has 0 aromatic heterocycles. The third-order valence-corrected chi connectivity index (χ3v) is 2.31. The first-order valence-electron chi connectivity index (χ1n) is 6.54. The zero-order valence-corrected chi connectivity index (χ0v) is 14.1. The minimum absolute atomic E-state index is 0.314. The molecule has 0 saturated carbocycles. The van der Waals surface area contributed by atoms with Gasteiger partial charge in [0.25, 0.3) is 0 Å². The van der Waals surface area contributed by atoms with Gasteiger partial charge in [0.1, 0.15) is 5.60 Å².